The molecule has 27 heavy (non-hydrogen) atoms. The maximum atomic E-state index is 12.7. The number of imide groups is 1. The van der Waals surface area contributed by atoms with Gasteiger partial charge >= 0.3 is 5.97 Å². The fourth-order valence-electron chi connectivity index (χ4n) is 3.08. The lowest BCUT2D eigenvalue weighted by Crippen LogP contribution is -2.46. The van der Waals surface area contributed by atoms with Crippen molar-refractivity contribution in [1.29, 1.82) is 0 Å². The number of carbonyl (C=O) groups excluding carboxylic acids is 3. The second-order valence-electron chi connectivity index (χ2n) is 6.23. The van der Waals surface area contributed by atoms with Crippen molar-refractivity contribution in [1.82, 2.24) is 4.90 Å². The first-order chi connectivity index (χ1) is 13.1. The van der Waals surface area contributed by atoms with E-state index < -0.39 is 23.8 Å². The van der Waals surface area contributed by atoms with Gasteiger partial charge in [0.05, 0.1) is 17.7 Å². The molecule has 2 aromatic carbocycles. The van der Waals surface area contributed by atoms with Crippen LogP contribution in [0.4, 0.5) is 0 Å². The molecular weight excluding hydrogens is 362 g/mol. The van der Waals surface area contributed by atoms with E-state index >= 15 is 0 Å². The fraction of sp³-hybridized carbons (Fsp3) is 0.286. The van der Waals surface area contributed by atoms with E-state index in [2.05, 4.69) is 0 Å². The van der Waals surface area contributed by atoms with Crippen LogP contribution in [0.3, 0.4) is 0 Å². The molecule has 0 bridgehead atoms. The topological polar surface area (TPSA) is 63.7 Å². The summed E-state index contributed by atoms with van der Waals surface area (Å²) in [6, 6.07) is 15.5. The lowest BCUT2D eigenvalue weighted by atomic mass is 10.1. The number of rotatable bonds is 8. The predicted molar refractivity (Wildman–Crippen MR) is 105 cm³/mol. The Hall–Kier alpha value is -2.60. The largest absolute Gasteiger partial charge is 0.464 e. The zero-order valence-corrected chi connectivity index (χ0v) is 15.9. The van der Waals surface area contributed by atoms with Gasteiger partial charge in [0.2, 0.25) is 0 Å². The Labute approximate surface area is 162 Å². The Morgan fingerprint density at radius 3 is 2.19 bits per heavy atom. The van der Waals surface area contributed by atoms with Crippen LogP contribution in [0, 0.1) is 0 Å². The van der Waals surface area contributed by atoms with Crippen LogP contribution in [-0.4, -0.2) is 47.3 Å². The molecule has 0 unspecified atom stereocenters. The van der Waals surface area contributed by atoms with E-state index in [4.69, 9.17) is 4.74 Å². The van der Waals surface area contributed by atoms with Gasteiger partial charge in [-0.3, -0.25) is 14.5 Å². The van der Waals surface area contributed by atoms with Gasteiger partial charge in [-0.2, -0.15) is 11.8 Å². The standard InChI is InChI=1S/C21H21NO4S/c1-27-14-12-18(21(25)26-13-11-15-7-3-2-4-8-15)22-19(23)16-9-5-6-10-17(16)20(22)24/h2-10,18H,11-14H2,1H3/t18-/m0/s1. The highest BCUT2D eigenvalue weighted by Gasteiger charge is 2.43. The molecule has 2 amide bonds. The van der Waals surface area contributed by atoms with E-state index in [0.717, 1.165) is 10.5 Å². The summed E-state index contributed by atoms with van der Waals surface area (Å²) in [5, 5.41) is 0. The Balaban J connectivity index is 1.71. The Bertz CT molecular complexity index is 802. The van der Waals surface area contributed by atoms with E-state index in [1.165, 1.54) is 0 Å². The summed E-state index contributed by atoms with van der Waals surface area (Å²) in [6.45, 7) is 0.210. The second-order valence-corrected chi connectivity index (χ2v) is 7.21. The molecule has 1 aliphatic rings. The maximum absolute atomic E-state index is 12.7. The van der Waals surface area contributed by atoms with Crippen molar-refractivity contribution in [2.75, 3.05) is 18.6 Å². The van der Waals surface area contributed by atoms with Gasteiger partial charge in [0, 0.05) is 6.42 Å². The van der Waals surface area contributed by atoms with Crippen molar-refractivity contribution < 1.29 is 19.1 Å². The van der Waals surface area contributed by atoms with Crippen LogP contribution < -0.4 is 0 Å². The van der Waals surface area contributed by atoms with Crippen molar-refractivity contribution in [2.24, 2.45) is 0 Å². The zero-order chi connectivity index (χ0) is 19.2. The van der Waals surface area contributed by atoms with Crippen molar-refractivity contribution in [3.8, 4) is 0 Å². The molecule has 0 aliphatic carbocycles. The molecule has 0 N–H and O–H groups in total. The number of benzene rings is 2. The quantitative estimate of drug-likeness (QED) is 0.517. The molecular formula is C21H21NO4S. The number of esters is 1. The summed E-state index contributed by atoms with van der Waals surface area (Å²) < 4.78 is 5.42. The number of hydrogen-bond donors (Lipinski definition) is 0. The molecule has 0 saturated carbocycles. The van der Waals surface area contributed by atoms with Crippen LogP contribution >= 0.6 is 11.8 Å². The van der Waals surface area contributed by atoms with Crippen molar-refractivity contribution >= 4 is 29.5 Å². The third-order valence-corrected chi connectivity index (χ3v) is 5.13. The summed E-state index contributed by atoms with van der Waals surface area (Å²) in [4.78, 5) is 39.2. The van der Waals surface area contributed by atoms with Crippen LogP contribution in [0.2, 0.25) is 0 Å². The van der Waals surface area contributed by atoms with Gasteiger partial charge < -0.3 is 4.74 Å². The minimum Gasteiger partial charge on any atom is -0.464 e. The van der Waals surface area contributed by atoms with E-state index in [0.29, 0.717) is 29.7 Å². The van der Waals surface area contributed by atoms with Gasteiger partial charge in [-0.25, -0.2) is 4.79 Å². The summed E-state index contributed by atoms with van der Waals surface area (Å²) in [6.07, 6.45) is 2.88. The fourth-order valence-corrected chi connectivity index (χ4v) is 3.54. The number of thioether (sulfide) groups is 1. The molecule has 0 fully saturated rings. The van der Waals surface area contributed by atoms with Crippen molar-refractivity contribution in [3.63, 3.8) is 0 Å². The summed E-state index contributed by atoms with van der Waals surface area (Å²) in [7, 11) is 0. The van der Waals surface area contributed by atoms with Crippen LogP contribution in [0.1, 0.15) is 32.7 Å². The minimum atomic E-state index is -0.902. The first-order valence-electron chi connectivity index (χ1n) is 8.80. The summed E-state index contributed by atoms with van der Waals surface area (Å²) in [5.74, 6) is -0.746. The number of carbonyl (C=O) groups is 3. The van der Waals surface area contributed by atoms with Gasteiger partial charge in [0.15, 0.2) is 0 Å². The first-order valence-corrected chi connectivity index (χ1v) is 10.2. The van der Waals surface area contributed by atoms with E-state index in [1.807, 2.05) is 36.6 Å². The van der Waals surface area contributed by atoms with E-state index in [-0.39, 0.29) is 6.61 Å². The van der Waals surface area contributed by atoms with Gasteiger partial charge in [0.25, 0.3) is 11.8 Å². The highest BCUT2D eigenvalue weighted by atomic mass is 32.2. The number of fused-ring (bicyclic) bond motifs is 1. The third-order valence-electron chi connectivity index (χ3n) is 4.48. The third kappa shape index (κ3) is 4.22. The average molecular weight is 383 g/mol. The monoisotopic (exact) mass is 383 g/mol. The molecule has 1 heterocycles. The predicted octanol–water partition coefficient (Wildman–Crippen LogP) is 3.19. The van der Waals surface area contributed by atoms with E-state index in [1.54, 1.807) is 36.0 Å². The molecule has 6 heteroatoms. The average Bonchev–Trinajstić information content (AvgIpc) is 2.95. The van der Waals surface area contributed by atoms with Crippen LogP contribution in [0.5, 0.6) is 0 Å². The van der Waals surface area contributed by atoms with Crippen LogP contribution in [0.25, 0.3) is 0 Å². The Morgan fingerprint density at radius 1 is 1.00 bits per heavy atom. The molecule has 140 valence electrons. The van der Waals surface area contributed by atoms with Gasteiger partial charge in [-0.1, -0.05) is 42.5 Å². The Kier molecular flexibility index (Phi) is 6.29. The first kappa shape index (κ1) is 19.2. The molecule has 0 radical (unpaired) electrons. The lowest BCUT2D eigenvalue weighted by Gasteiger charge is -2.24. The normalized spacial score (nSPS) is 14.2. The molecule has 0 spiro atoms. The van der Waals surface area contributed by atoms with Gasteiger partial charge in [-0.05, 0) is 36.1 Å². The van der Waals surface area contributed by atoms with Crippen LogP contribution in [0.15, 0.2) is 54.6 Å². The maximum Gasteiger partial charge on any atom is 0.329 e. The van der Waals surface area contributed by atoms with Gasteiger partial charge in [-0.15, -0.1) is 0 Å². The minimum absolute atomic E-state index is 0.210. The van der Waals surface area contributed by atoms with Gasteiger partial charge in [0.1, 0.15) is 6.04 Å². The van der Waals surface area contributed by atoms with Crippen LogP contribution in [-0.2, 0) is 16.0 Å². The molecule has 1 aliphatic heterocycles. The van der Waals surface area contributed by atoms with E-state index in [9.17, 15) is 14.4 Å². The lowest BCUT2D eigenvalue weighted by molar-refractivity contribution is -0.148. The molecule has 2 aromatic rings. The number of amides is 2. The SMILES string of the molecule is CSCC[C@@H](C(=O)OCCc1ccccc1)N1C(=O)c2ccccc2C1=O. The Morgan fingerprint density at radius 2 is 1.59 bits per heavy atom. The highest BCUT2D eigenvalue weighted by molar-refractivity contribution is 7.98. The smallest absolute Gasteiger partial charge is 0.329 e. The summed E-state index contributed by atoms with van der Waals surface area (Å²) in [5.41, 5.74) is 1.74. The zero-order valence-electron chi connectivity index (χ0n) is 15.1. The number of nitrogens with zero attached hydrogens (tertiary/aromatic N) is 1. The van der Waals surface area contributed by atoms with Crippen molar-refractivity contribution in [2.45, 2.75) is 18.9 Å². The molecule has 5 nitrogen and oxygen atoms in total. The number of ether oxygens (including phenoxy) is 1. The van der Waals surface area contributed by atoms with Crippen molar-refractivity contribution in [3.05, 3.63) is 71.3 Å². The molecule has 3 rings (SSSR count). The highest BCUT2D eigenvalue weighted by Crippen LogP contribution is 2.26. The molecule has 1 atom stereocenters. The molecule has 0 aromatic heterocycles. The summed E-state index contributed by atoms with van der Waals surface area (Å²) >= 11 is 1.56. The molecule has 0 saturated heterocycles. The second kappa shape index (κ2) is 8.86. The number of hydrogen-bond acceptors (Lipinski definition) is 5.